The van der Waals surface area contributed by atoms with E-state index in [1.165, 1.54) is 6.92 Å². The number of rotatable bonds is 2. The van der Waals surface area contributed by atoms with Gasteiger partial charge in [-0.05, 0) is 12.3 Å². The van der Waals surface area contributed by atoms with Crippen molar-refractivity contribution in [1.82, 2.24) is 0 Å². The van der Waals surface area contributed by atoms with Gasteiger partial charge in [0.25, 0.3) is 20.2 Å². The maximum Gasteiger partial charge on any atom is 0.270 e. The molecule has 17 heavy (non-hydrogen) atoms. The Morgan fingerprint density at radius 2 is 1.41 bits per heavy atom. The minimum Gasteiger partial charge on any atom is -0.389 e. The SMILES string of the molecule is CC1CC(S(=O)(=O)O)C(O)C(O)C1S(=O)(=O)O. The number of hydrogen-bond donors (Lipinski definition) is 4. The molecule has 1 aliphatic carbocycles. The summed E-state index contributed by atoms with van der Waals surface area (Å²) in [5, 5.41) is 15.6. The summed E-state index contributed by atoms with van der Waals surface area (Å²) in [7, 11) is -9.21. The van der Waals surface area contributed by atoms with Crippen LogP contribution in [0.4, 0.5) is 0 Å². The average molecular weight is 290 g/mol. The summed E-state index contributed by atoms with van der Waals surface area (Å²) in [6, 6.07) is 0. The van der Waals surface area contributed by atoms with Gasteiger partial charge in [-0.2, -0.15) is 16.8 Å². The van der Waals surface area contributed by atoms with Crippen LogP contribution in [0.15, 0.2) is 0 Å². The molecule has 0 spiro atoms. The zero-order chi connectivity index (χ0) is 13.6. The highest BCUT2D eigenvalue weighted by atomic mass is 32.2. The van der Waals surface area contributed by atoms with Crippen molar-refractivity contribution < 1.29 is 36.2 Å². The van der Waals surface area contributed by atoms with Crippen LogP contribution in [0, 0.1) is 5.92 Å². The highest BCUT2D eigenvalue weighted by molar-refractivity contribution is 7.87. The second kappa shape index (κ2) is 4.44. The van der Waals surface area contributed by atoms with Gasteiger partial charge < -0.3 is 10.2 Å². The first-order valence-corrected chi connectivity index (χ1v) is 7.75. The van der Waals surface area contributed by atoms with Crippen LogP contribution >= 0.6 is 0 Å². The van der Waals surface area contributed by atoms with Crippen LogP contribution in [-0.4, -0.2) is 58.9 Å². The van der Waals surface area contributed by atoms with Crippen molar-refractivity contribution in [1.29, 1.82) is 0 Å². The maximum atomic E-state index is 11.0. The molecule has 5 unspecified atom stereocenters. The number of aliphatic hydroxyl groups is 2. The summed E-state index contributed by atoms with van der Waals surface area (Å²) >= 11 is 0. The predicted molar refractivity (Wildman–Crippen MR) is 56.5 cm³/mol. The van der Waals surface area contributed by atoms with Crippen molar-refractivity contribution >= 4 is 20.2 Å². The van der Waals surface area contributed by atoms with Crippen molar-refractivity contribution in [2.75, 3.05) is 0 Å². The Morgan fingerprint density at radius 1 is 0.941 bits per heavy atom. The topological polar surface area (TPSA) is 149 Å². The summed E-state index contributed by atoms with van der Waals surface area (Å²) in [6.07, 6.45) is -4.31. The Balaban J connectivity index is 3.12. The minimum atomic E-state index is -4.61. The van der Waals surface area contributed by atoms with Crippen LogP contribution in [0.3, 0.4) is 0 Å². The zero-order valence-electron chi connectivity index (χ0n) is 8.83. The second-order valence-electron chi connectivity index (χ2n) is 4.23. The fourth-order valence-corrected chi connectivity index (χ4v) is 4.43. The molecule has 1 aliphatic rings. The molecular weight excluding hydrogens is 276 g/mol. The van der Waals surface area contributed by atoms with Crippen molar-refractivity contribution in [3.63, 3.8) is 0 Å². The molecule has 0 amide bonds. The van der Waals surface area contributed by atoms with E-state index in [-0.39, 0.29) is 6.42 Å². The van der Waals surface area contributed by atoms with E-state index < -0.39 is 48.9 Å². The van der Waals surface area contributed by atoms with E-state index in [2.05, 4.69) is 0 Å². The minimum absolute atomic E-state index is 0.373. The molecule has 0 radical (unpaired) electrons. The third kappa shape index (κ3) is 2.95. The van der Waals surface area contributed by atoms with Crippen LogP contribution in [0.5, 0.6) is 0 Å². The molecule has 0 saturated heterocycles. The summed E-state index contributed by atoms with van der Waals surface area (Å²) < 4.78 is 61.5. The maximum absolute atomic E-state index is 11.0. The van der Waals surface area contributed by atoms with E-state index in [9.17, 15) is 27.0 Å². The summed E-state index contributed by atoms with van der Waals surface area (Å²) in [6.45, 7) is 1.30. The molecule has 5 atom stereocenters. The normalized spacial score (nSPS) is 40.2. The Morgan fingerprint density at radius 3 is 1.76 bits per heavy atom. The van der Waals surface area contributed by atoms with Gasteiger partial charge in [0.15, 0.2) is 0 Å². The smallest absolute Gasteiger partial charge is 0.270 e. The van der Waals surface area contributed by atoms with Gasteiger partial charge in [0.2, 0.25) is 0 Å². The molecule has 0 aromatic heterocycles. The first-order valence-electron chi connectivity index (χ1n) is 4.75. The van der Waals surface area contributed by atoms with Gasteiger partial charge in [-0.3, -0.25) is 9.11 Å². The highest BCUT2D eigenvalue weighted by Crippen LogP contribution is 2.32. The quantitative estimate of drug-likeness (QED) is 0.438. The first kappa shape index (κ1) is 14.8. The monoisotopic (exact) mass is 290 g/mol. The van der Waals surface area contributed by atoms with Gasteiger partial charge >= 0.3 is 0 Å². The molecule has 102 valence electrons. The molecule has 4 N–H and O–H groups in total. The Bertz CT molecular complexity index is 480. The predicted octanol–water partition coefficient (Wildman–Crippen LogP) is -1.74. The lowest BCUT2D eigenvalue weighted by atomic mass is 9.85. The molecular formula is C7H14O8S2. The van der Waals surface area contributed by atoms with Gasteiger partial charge in [0, 0.05) is 0 Å². The van der Waals surface area contributed by atoms with E-state index in [0.717, 1.165) is 0 Å². The van der Waals surface area contributed by atoms with Gasteiger partial charge in [-0.15, -0.1) is 0 Å². The molecule has 0 heterocycles. The molecule has 8 nitrogen and oxygen atoms in total. The summed E-state index contributed by atoms with van der Waals surface area (Å²) in [4.78, 5) is 0. The van der Waals surface area contributed by atoms with Crippen LogP contribution < -0.4 is 0 Å². The van der Waals surface area contributed by atoms with Gasteiger partial charge in [-0.25, -0.2) is 0 Å². The highest BCUT2D eigenvalue weighted by Gasteiger charge is 2.51. The summed E-state index contributed by atoms with van der Waals surface area (Å²) in [5.74, 6) is -0.921. The lowest BCUT2D eigenvalue weighted by Crippen LogP contribution is -2.57. The van der Waals surface area contributed by atoms with Crippen LogP contribution in [0.2, 0.25) is 0 Å². The van der Waals surface area contributed by atoms with E-state index in [4.69, 9.17) is 9.11 Å². The molecule has 0 aromatic rings. The van der Waals surface area contributed by atoms with Crippen LogP contribution in [0.25, 0.3) is 0 Å². The molecule has 1 fully saturated rings. The first-order chi connectivity index (χ1) is 7.46. The van der Waals surface area contributed by atoms with Crippen LogP contribution in [-0.2, 0) is 20.2 Å². The van der Waals surface area contributed by atoms with E-state index in [1.807, 2.05) is 0 Å². The van der Waals surface area contributed by atoms with Crippen molar-refractivity contribution in [3.05, 3.63) is 0 Å². The molecule has 1 rings (SSSR count). The third-order valence-electron chi connectivity index (χ3n) is 2.96. The van der Waals surface area contributed by atoms with Crippen LogP contribution in [0.1, 0.15) is 13.3 Å². The fraction of sp³-hybridized carbons (Fsp3) is 1.00. The van der Waals surface area contributed by atoms with Crippen molar-refractivity contribution in [3.8, 4) is 0 Å². The molecule has 1 saturated carbocycles. The molecule has 0 aliphatic heterocycles. The Kier molecular flexibility index (Phi) is 3.87. The average Bonchev–Trinajstić information content (AvgIpc) is 2.07. The van der Waals surface area contributed by atoms with E-state index in [0.29, 0.717) is 0 Å². The molecule has 10 heteroatoms. The molecule has 0 bridgehead atoms. The third-order valence-corrected chi connectivity index (χ3v) is 5.63. The standard InChI is InChI=1S/C7H14O8S2/c1-3-2-4(16(10,11)12)5(8)6(9)7(3)17(13,14)15/h3-9H,2H2,1H3,(H,10,11,12)(H,13,14,15). The lowest BCUT2D eigenvalue weighted by molar-refractivity contribution is -0.0197. The van der Waals surface area contributed by atoms with Gasteiger partial charge in [0.05, 0.1) is 0 Å². The summed E-state index contributed by atoms with van der Waals surface area (Å²) in [5.41, 5.74) is 0. The fourth-order valence-electron chi connectivity index (χ4n) is 2.16. The number of hydrogen-bond acceptors (Lipinski definition) is 6. The zero-order valence-corrected chi connectivity index (χ0v) is 10.5. The Hall–Kier alpha value is -0.260. The van der Waals surface area contributed by atoms with Gasteiger partial charge in [-0.1, -0.05) is 6.92 Å². The largest absolute Gasteiger partial charge is 0.389 e. The second-order valence-corrected chi connectivity index (χ2v) is 7.44. The van der Waals surface area contributed by atoms with Crippen molar-refractivity contribution in [2.24, 2.45) is 5.92 Å². The Labute approximate surface area is 98.8 Å². The van der Waals surface area contributed by atoms with Gasteiger partial charge in [0.1, 0.15) is 22.7 Å². The lowest BCUT2D eigenvalue weighted by Gasteiger charge is -2.38. The number of aliphatic hydroxyl groups excluding tert-OH is 2. The molecule has 0 aromatic carbocycles. The van der Waals surface area contributed by atoms with E-state index >= 15 is 0 Å². The van der Waals surface area contributed by atoms with Crippen molar-refractivity contribution in [2.45, 2.75) is 36.1 Å². The van der Waals surface area contributed by atoms with E-state index in [1.54, 1.807) is 0 Å².